The van der Waals surface area contributed by atoms with E-state index in [9.17, 15) is 4.57 Å². The van der Waals surface area contributed by atoms with Gasteiger partial charge in [-0.15, -0.1) is 0 Å². The van der Waals surface area contributed by atoms with Crippen LogP contribution >= 0.6 is 7.82 Å². The molecule has 0 spiro atoms. The first-order chi connectivity index (χ1) is 8.09. The van der Waals surface area contributed by atoms with Crippen LogP contribution in [0.25, 0.3) is 0 Å². The molecule has 0 radical (unpaired) electrons. The number of hydrogen-bond donors (Lipinski definition) is 0. The summed E-state index contributed by atoms with van der Waals surface area (Å²) < 4.78 is 27.3. The Kier molecular flexibility index (Phi) is 3.72. The molecule has 2 rings (SSSR count). The number of benzene rings is 1. The summed E-state index contributed by atoms with van der Waals surface area (Å²) in [6.45, 7) is 0.820. The molecule has 0 aromatic heterocycles. The van der Waals surface area contributed by atoms with Crippen LogP contribution in [-0.2, 0) is 13.6 Å². The maximum Gasteiger partial charge on any atom is 0.530 e. The van der Waals surface area contributed by atoms with Crippen LogP contribution in [0.2, 0.25) is 0 Å². The molecule has 6 heteroatoms. The average Bonchev–Trinajstić information content (AvgIpc) is 2.30. The normalized spacial score (nSPS) is 18.7. The van der Waals surface area contributed by atoms with Crippen LogP contribution in [0.5, 0.6) is 5.75 Å². The van der Waals surface area contributed by atoms with E-state index in [1.54, 1.807) is 12.1 Å². The summed E-state index contributed by atoms with van der Waals surface area (Å²) in [6, 6.07) is 7.25. The molecule has 0 atom stereocenters. The average molecular weight is 257 g/mol. The van der Waals surface area contributed by atoms with Crippen LogP contribution < -0.4 is 9.42 Å². The smallest absolute Gasteiger partial charge is 0.404 e. The Balaban J connectivity index is 2.05. The van der Waals surface area contributed by atoms with Crippen LogP contribution in [0.15, 0.2) is 24.3 Å². The number of nitrogens with zero attached hydrogens (tertiary/aromatic N) is 1. The van der Waals surface area contributed by atoms with E-state index in [1.807, 2.05) is 31.1 Å². The second kappa shape index (κ2) is 5.08. The molecule has 0 amide bonds. The van der Waals surface area contributed by atoms with Crippen molar-refractivity contribution >= 4 is 13.5 Å². The molecule has 5 nitrogen and oxygen atoms in total. The van der Waals surface area contributed by atoms with Crippen LogP contribution in [0.4, 0.5) is 5.69 Å². The van der Waals surface area contributed by atoms with Gasteiger partial charge in [0.2, 0.25) is 0 Å². The van der Waals surface area contributed by atoms with Gasteiger partial charge >= 0.3 is 7.82 Å². The van der Waals surface area contributed by atoms with Gasteiger partial charge < -0.3 is 9.42 Å². The van der Waals surface area contributed by atoms with Crippen LogP contribution in [0.3, 0.4) is 0 Å². The fourth-order valence-electron chi connectivity index (χ4n) is 1.44. The molecular formula is C11H16NO4P. The molecule has 17 heavy (non-hydrogen) atoms. The molecule has 0 aliphatic carbocycles. The van der Waals surface area contributed by atoms with E-state index < -0.39 is 7.82 Å². The van der Waals surface area contributed by atoms with Gasteiger partial charge in [0.25, 0.3) is 0 Å². The lowest BCUT2D eigenvalue weighted by atomic mass is 10.3. The summed E-state index contributed by atoms with van der Waals surface area (Å²) in [4.78, 5) is 1.97. The summed E-state index contributed by atoms with van der Waals surface area (Å²) in [5.41, 5.74) is 1.04. The maximum atomic E-state index is 11.9. The van der Waals surface area contributed by atoms with Gasteiger partial charge in [0, 0.05) is 19.8 Å². The predicted molar refractivity (Wildman–Crippen MR) is 65.5 cm³/mol. The van der Waals surface area contributed by atoms with Crippen LogP contribution in [0, 0.1) is 0 Å². The van der Waals surface area contributed by atoms with Gasteiger partial charge in [0.05, 0.1) is 13.2 Å². The SMILES string of the molecule is CN(C)c1ccc(OP2(=O)OCCCO2)cc1. The van der Waals surface area contributed by atoms with Crippen molar-refractivity contribution in [1.82, 2.24) is 0 Å². The third-order valence-corrected chi connectivity index (χ3v) is 3.79. The van der Waals surface area contributed by atoms with Crippen LogP contribution in [0.1, 0.15) is 6.42 Å². The monoisotopic (exact) mass is 257 g/mol. The zero-order valence-electron chi connectivity index (χ0n) is 9.96. The van der Waals surface area contributed by atoms with E-state index in [0.29, 0.717) is 19.0 Å². The molecule has 1 saturated heterocycles. The minimum atomic E-state index is -3.39. The van der Waals surface area contributed by atoms with Crippen molar-refractivity contribution in [2.24, 2.45) is 0 Å². The topological polar surface area (TPSA) is 48.0 Å². The van der Waals surface area contributed by atoms with Crippen molar-refractivity contribution in [3.63, 3.8) is 0 Å². The van der Waals surface area contributed by atoms with Gasteiger partial charge in [0.1, 0.15) is 5.75 Å². The highest BCUT2D eigenvalue weighted by molar-refractivity contribution is 7.49. The largest absolute Gasteiger partial charge is 0.530 e. The number of rotatable bonds is 3. The molecule has 0 N–H and O–H groups in total. The Morgan fingerprint density at radius 1 is 1.18 bits per heavy atom. The van der Waals surface area contributed by atoms with E-state index >= 15 is 0 Å². The summed E-state index contributed by atoms with van der Waals surface area (Å²) >= 11 is 0. The molecule has 0 saturated carbocycles. The van der Waals surface area contributed by atoms with E-state index in [1.165, 1.54) is 0 Å². The molecule has 0 bridgehead atoms. The Morgan fingerprint density at radius 2 is 1.76 bits per heavy atom. The molecule has 1 heterocycles. The first-order valence-electron chi connectivity index (χ1n) is 5.45. The molecule has 1 aromatic carbocycles. The van der Waals surface area contributed by atoms with Crippen molar-refractivity contribution in [3.05, 3.63) is 24.3 Å². The lowest BCUT2D eigenvalue weighted by Crippen LogP contribution is -2.12. The highest BCUT2D eigenvalue weighted by Crippen LogP contribution is 2.51. The van der Waals surface area contributed by atoms with Gasteiger partial charge in [0.15, 0.2) is 0 Å². The van der Waals surface area contributed by atoms with Crippen LogP contribution in [-0.4, -0.2) is 27.3 Å². The van der Waals surface area contributed by atoms with Gasteiger partial charge in [-0.3, -0.25) is 9.05 Å². The van der Waals surface area contributed by atoms with E-state index in [-0.39, 0.29) is 0 Å². The molecule has 1 aliphatic heterocycles. The fourth-order valence-corrected chi connectivity index (χ4v) is 2.70. The minimum absolute atomic E-state index is 0.410. The highest BCUT2D eigenvalue weighted by atomic mass is 31.2. The molecule has 1 aromatic rings. The van der Waals surface area contributed by atoms with Gasteiger partial charge in [-0.2, -0.15) is 0 Å². The zero-order chi connectivity index (χ0) is 12.3. The lowest BCUT2D eigenvalue weighted by molar-refractivity contribution is 0.107. The van der Waals surface area contributed by atoms with Crippen molar-refractivity contribution in [1.29, 1.82) is 0 Å². The van der Waals surface area contributed by atoms with E-state index in [2.05, 4.69) is 0 Å². The van der Waals surface area contributed by atoms with Crippen molar-refractivity contribution in [2.45, 2.75) is 6.42 Å². The van der Waals surface area contributed by atoms with Crippen molar-refractivity contribution in [3.8, 4) is 5.75 Å². The number of anilines is 1. The van der Waals surface area contributed by atoms with E-state index in [4.69, 9.17) is 13.6 Å². The summed E-state index contributed by atoms with van der Waals surface area (Å²) in [5, 5.41) is 0. The first kappa shape index (κ1) is 12.4. The standard InChI is InChI=1S/C11H16NO4P/c1-12(2)10-4-6-11(7-5-10)16-17(13)14-8-3-9-15-17/h4-7H,3,8-9H2,1-2H3. The Hall–Kier alpha value is -1.03. The molecule has 1 aliphatic rings. The van der Waals surface area contributed by atoms with Crippen molar-refractivity contribution < 1.29 is 18.1 Å². The maximum absolute atomic E-state index is 11.9. The second-order valence-electron chi connectivity index (χ2n) is 3.95. The molecular weight excluding hydrogens is 241 g/mol. The van der Waals surface area contributed by atoms with E-state index in [0.717, 1.165) is 12.1 Å². The highest BCUT2D eigenvalue weighted by Gasteiger charge is 2.31. The number of phosphoric ester groups is 1. The Morgan fingerprint density at radius 3 is 2.29 bits per heavy atom. The lowest BCUT2D eigenvalue weighted by Gasteiger charge is -2.22. The summed E-state index contributed by atoms with van der Waals surface area (Å²) in [7, 11) is 0.512. The summed E-state index contributed by atoms with van der Waals surface area (Å²) in [5.74, 6) is 0.487. The Bertz CT molecular complexity index is 408. The van der Waals surface area contributed by atoms with Gasteiger partial charge in [-0.25, -0.2) is 4.57 Å². The Labute approximate surface area is 101 Å². The fraction of sp³-hybridized carbons (Fsp3) is 0.455. The number of phosphoric acid groups is 1. The second-order valence-corrected chi connectivity index (χ2v) is 5.54. The third kappa shape index (κ3) is 3.22. The zero-order valence-corrected chi connectivity index (χ0v) is 10.9. The predicted octanol–water partition coefficient (Wildman–Crippen LogP) is 2.68. The van der Waals surface area contributed by atoms with Gasteiger partial charge in [-0.1, -0.05) is 0 Å². The number of hydrogen-bond acceptors (Lipinski definition) is 5. The molecule has 94 valence electrons. The van der Waals surface area contributed by atoms with Gasteiger partial charge in [-0.05, 0) is 30.7 Å². The first-order valence-corrected chi connectivity index (χ1v) is 6.91. The quantitative estimate of drug-likeness (QED) is 0.779. The van der Waals surface area contributed by atoms with Crippen molar-refractivity contribution in [2.75, 3.05) is 32.2 Å². The molecule has 1 fully saturated rings. The summed E-state index contributed by atoms with van der Waals surface area (Å²) in [6.07, 6.45) is 0.743. The minimum Gasteiger partial charge on any atom is -0.404 e. The third-order valence-electron chi connectivity index (χ3n) is 2.36. The molecule has 0 unspecified atom stereocenters.